The zero-order valence-electron chi connectivity index (χ0n) is 16.3. The van der Waals surface area contributed by atoms with Crippen molar-refractivity contribution in [3.63, 3.8) is 0 Å². The van der Waals surface area contributed by atoms with Crippen LogP contribution in [0.2, 0.25) is 0 Å². The van der Waals surface area contributed by atoms with Gasteiger partial charge in [0.05, 0.1) is 0 Å². The number of fused-ring (bicyclic) bond motifs is 2. The van der Waals surface area contributed by atoms with Crippen molar-refractivity contribution in [2.75, 3.05) is 6.66 Å². The summed E-state index contributed by atoms with van der Waals surface area (Å²) in [5, 5.41) is 8.65. The van der Waals surface area contributed by atoms with Crippen LogP contribution in [0.3, 0.4) is 0 Å². The van der Waals surface area contributed by atoms with Gasteiger partial charge in [-0.3, -0.25) is 0 Å². The van der Waals surface area contributed by atoms with Gasteiger partial charge in [0.2, 0.25) is 0 Å². The monoisotopic (exact) mass is 490 g/mol. The third kappa shape index (κ3) is 4.28. The predicted octanol–water partition coefficient (Wildman–Crippen LogP) is -0.268. The molecule has 0 saturated carbocycles. The van der Waals surface area contributed by atoms with Crippen LogP contribution in [0.4, 0.5) is 0 Å². The van der Waals surface area contributed by atoms with Crippen LogP contribution in [0.1, 0.15) is 22.3 Å². The van der Waals surface area contributed by atoms with E-state index in [0.717, 1.165) is 0 Å². The fourth-order valence-electron chi connectivity index (χ4n) is 3.69. The van der Waals surface area contributed by atoms with E-state index >= 15 is 0 Å². The van der Waals surface area contributed by atoms with Gasteiger partial charge in [-0.05, 0) is 20.5 Å². The summed E-state index contributed by atoms with van der Waals surface area (Å²) in [5.41, 5.74) is 5.52. The third-order valence-electron chi connectivity index (χ3n) is 5.39. The molecule has 0 nitrogen and oxygen atoms in total. The average Bonchev–Trinajstić information content (AvgIpc) is 3.20. The molecule has 4 aromatic rings. The molecule has 0 atom stereocenters. The summed E-state index contributed by atoms with van der Waals surface area (Å²) in [7, 11) is -0.314. The van der Waals surface area contributed by atoms with Gasteiger partial charge in [-0.2, -0.15) is 12.1 Å². The number of aryl methyl sites for hydroxylation is 4. The molecule has 0 spiro atoms. The van der Waals surface area contributed by atoms with Crippen LogP contribution < -0.4 is 35.4 Å². The average molecular weight is 493 g/mol. The van der Waals surface area contributed by atoms with Gasteiger partial charge < -0.3 is 24.8 Å². The maximum absolute atomic E-state index is 2.42. The quantitative estimate of drug-likeness (QED) is 0.267. The Bertz CT molecular complexity index is 911. The molecule has 27 heavy (non-hydrogen) atoms. The fourth-order valence-corrected chi connectivity index (χ4v) is 5.28. The van der Waals surface area contributed by atoms with Gasteiger partial charge in [0.1, 0.15) is 0 Å². The van der Waals surface area contributed by atoms with Gasteiger partial charge in [0, 0.05) is 0 Å². The topological polar surface area (TPSA) is 0 Å². The van der Waals surface area contributed by atoms with Crippen LogP contribution in [0, 0.1) is 27.7 Å². The molecule has 4 heteroatoms. The van der Waals surface area contributed by atoms with E-state index in [4.69, 9.17) is 0 Å². The van der Waals surface area contributed by atoms with Crippen molar-refractivity contribution in [2.24, 2.45) is 0 Å². The minimum atomic E-state index is -0.314. The molecule has 4 rings (SSSR count). The zero-order chi connectivity index (χ0) is 17.0. The first-order valence-corrected chi connectivity index (χ1v) is 10.3. The van der Waals surface area contributed by atoms with Gasteiger partial charge in [0.15, 0.2) is 0 Å². The molecule has 4 aromatic carbocycles. The molecule has 0 fully saturated rings. The maximum atomic E-state index is 2.42. The Kier molecular flexibility index (Phi) is 8.53. The second-order valence-electron chi connectivity index (χ2n) is 7.04. The molecule has 0 heterocycles. The molecule has 0 unspecified atom stereocenters. The first-order chi connectivity index (χ1) is 11.5. The Morgan fingerprint density at radius 2 is 0.963 bits per heavy atom. The molecule has 0 N–H and O–H groups in total. The third-order valence-corrected chi connectivity index (χ3v) is 7.46. The van der Waals surface area contributed by atoms with Crippen LogP contribution >= 0.6 is 7.92 Å². The van der Waals surface area contributed by atoms with Crippen molar-refractivity contribution in [1.82, 2.24) is 0 Å². The molecular formula is C23H23Cl2PZr. The van der Waals surface area contributed by atoms with Gasteiger partial charge in [0.25, 0.3) is 0 Å². The number of halogens is 2. The molecule has 0 amide bonds. The van der Waals surface area contributed by atoms with E-state index in [1.807, 2.05) is 0 Å². The molecule has 138 valence electrons. The SMILES string of the molecule is Cc1ccc(C)c2[cH-]c(P(C)c3cc4c(C)ccc(C)c4[cH-]3)cc12.[Cl-].[Cl-].[Zr+4]. The summed E-state index contributed by atoms with van der Waals surface area (Å²) in [6, 6.07) is 18.6. The molecule has 0 saturated heterocycles. The Labute approximate surface area is 195 Å². The second kappa shape index (κ2) is 9.37. The fraction of sp³-hybridized carbons (Fsp3) is 0.217. The number of hydrogen-bond acceptors (Lipinski definition) is 0. The summed E-state index contributed by atoms with van der Waals surface area (Å²) in [6.45, 7) is 11.3. The molecule has 0 bridgehead atoms. The van der Waals surface area contributed by atoms with Crippen molar-refractivity contribution in [3.8, 4) is 0 Å². The Hall–Kier alpha value is -0.447. The number of rotatable bonds is 2. The largest absolute Gasteiger partial charge is 4.00 e. The van der Waals surface area contributed by atoms with E-state index in [0.29, 0.717) is 0 Å². The standard InChI is InChI=1S/C23H23P.2ClH.Zr/c1-14-6-7-15(2)21-11-18(10-20(14)21)24(5)19-12-22-16(3)8-9-17(4)23(22)13-19;;;/h6-13H,1-5H3;2*1H;/q-2;;;+4/p-2. The van der Waals surface area contributed by atoms with E-state index in [1.165, 1.54) is 54.4 Å². The Morgan fingerprint density at radius 1 is 0.630 bits per heavy atom. The van der Waals surface area contributed by atoms with Gasteiger partial charge >= 0.3 is 26.2 Å². The minimum absolute atomic E-state index is 0. The normalized spacial score (nSPS) is 10.6. The van der Waals surface area contributed by atoms with Gasteiger partial charge in [-0.25, -0.2) is 0 Å². The number of hydrogen-bond donors (Lipinski definition) is 0. The van der Waals surface area contributed by atoms with Crippen LogP contribution in [-0.4, -0.2) is 6.66 Å². The molecule has 0 aliphatic carbocycles. The molecule has 0 aliphatic heterocycles. The van der Waals surface area contributed by atoms with Crippen molar-refractivity contribution < 1.29 is 51.0 Å². The van der Waals surface area contributed by atoms with Crippen LogP contribution in [-0.2, 0) is 26.2 Å². The van der Waals surface area contributed by atoms with E-state index in [1.54, 1.807) is 0 Å². The summed E-state index contributed by atoms with van der Waals surface area (Å²) >= 11 is 0. The summed E-state index contributed by atoms with van der Waals surface area (Å²) in [6.07, 6.45) is 0. The second-order valence-corrected chi connectivity index (χ2v) is 9.19. The van der Waals surface area contributed by atoms with Crippen LogP contribution in [0.25, 0.3) is 21.5 Å². The summed E-state index contributed by atoms with van der Waals surface area (Å²) < 4.78 is 0. The Balaban J connectivity index is 0.00000121. The van der Waals surface area contributed by atoms with Crippen LogP contribution in [0.15, 0.2) is 48.5 Å². The first-order valence-electron chi connectivity index (χ1n) is 8.53. The summed E-state index contributed by atoms with van der Waals surface area (Å²) in [4.78, 5) is 0. The van der Waals surface area contributed by atoms with E-state index in [9.17, 15) is 0 Å². The molecule has 0 aliphatic rings. The van der Waals surface area contributed by atoms with Gasteiger partial charge in [-0.1, -0.05) is 45.0 Å². The smallest absolute Gasteiger partial charge is 1.00 e. The first kappa shape index (κ1) is 24.6. The molecular weight excluding hydrogens is 469 g/mol. The maximum Gasteiger partial charge on any atom is 4.00 e. The molecule has 0 aromatic heterocycles. The van der Waals surface area contributed by atoms with Crippen molar-refractivity contribution in [1.29, 1.82) is 0 Å². The molecule has 0 radical (unpaired) electrons. The summed E-state index contributed by atoms with van der Waals surface area (Å²) in [5.74, 6) is 0. The Morgan fingerprint density at radius 3 is 1.30 bits per heavy atom. The van der Waals surface area contributed by atoms with Crippen molar-refractivity contribution in [2.45, 2.75) is 27.7 Å². The van der Waals surface area contributed by atoms with E-state index in [-0.39, 0.29) is 58.9 Å². The van der Waals surface area contributed by atoms with Crippen LogP contribution in [0.5, 0.6) is 0 Å². The minimum Gasteiger partial charge on any atom is -1.00 e. The van der Waals surface area contributed by atoms with E-state index < -0.39 is 0 Å². The van der Waals surface area contributed by atoms with Crippen molar-refractivity contribution in [3.05, 3.63) is 70.8 Å². The zero-order valence-corrected chi connectivity index (χ0v) is 21.2. The predicted molar refractivity (Wildman–Crippen MR) is 110 cm³/mol. The van der Waals surface area contributed by atoms with E-state index in [2.05, 4.69) is 82.9 Å². The number of benzene rings is 2. The van der Waals surface area contributed by atoms with Gasteiger partial charge in [-0.15, -0.1) is 67.5 Å². The van der Waals surface area contributed by atoms with Crippen molar-refractivity contribution >= 4 is 40.1 Å².